The van der Waals surface area contributed by atoms with Crippen molar-refractivity contribution in [2.75, 3.05) is 18.4 Å². The van der Waals surface area contributed by atoms with Crippen molar-refractivity contribution in [2.24, 2.45) is 0 Å². The van der Waals surface area contributed by atoms with E-state index in [1.54, 1.807) is 12.3 Å². The van der Waals surface area contributed by atoms with Crippen molar-refractivity contribution in [3.63, 3.8) is 0 Å². The summed E-state index contributed by atoms with van der Waals surface area (Å²) < 4.78 is 1.28. The summed E-state index contributed by atoms with van der Waals surface area (Å²) in [5.41, 5.74) is 0.303. The van der Waals surface area contributed by atoms with Crippen molar-refractivity contribution in [2.45, 2.75) is 12.6 Å². The number of nitrogens with one attached hydrogen (secondary N) is 2. The number of halogens is 1. The zero-order valence-electron chi connectivity index (χ0n) is 8.74. The molecule has 5 nitrogen and oxygen atoms in total. The molecule has 0 bridgehead atoms. The molecule has 0 unspecified atom stereocenters. The third-order valence-electron chi connectivity index (χ3n) is 2.43. The Morgan fingerprint density at radius 3 is 3.06 bits per heavy atom. The summed E-state index contributed by atoms with van der Waals surface area (Å²) in [6, 6.07) is 0.328. The summed E-state index contributed by atoms with van der Waals surface area (Å²) in [6.07, 6.45) is 3.18. The number of aromatic nitrogens is 2. The van der Waals surface area contributed by atoms with Crippen molar-refractivity contribution >= 4 is 17.3 Å². The average molecular weight is 241 g/mol. The van der Waals surface area contributed by atoms with Gasteiger partial charge in [-0.15, -0.1) is 6.58 Å². The quantitative estimate of drug-likeness (QED) is 0.751. The Morgan fingerprint density at radius 1 is 1.75 bits per heavy atom. The number of anilines is 1. The molecule has 0 radical (unpaired) electrons. The van der Waals surface area contributed by atoms with Crippen LogP contribution in [-0.2, 0) is 6.54 Å². The van der Waals surface area contributed by atoms with E-state index >= 15 is 0 Å². The number of allylic oxidation sites excluding steroid dienone is 1. The Kier molecular flexibility index (Phi) is 3.26. The SMILES string of the molecule is C=CCn1ncc(NC2CNC2)c(Cl)c1=O. The third kappa shape index (κ3) is 2.10. The topological polar surface area (TPSA) is 59.0 Å². The van der Waals surface area contributed by atoms with Crippen LogP contribution in [0.5, 0.6) is 0 Å². The van der Waals surface area contributed by atoms with Gasteiger partial charge in [0, 0.05) is 13.1 Å². The van der Waals surface area contributed by atoms with Crippen LogP contribution in [0.3, 0.4) is 0 Å². The lowest BCUT2D eigenvalue weighted by Gasteiger charge is -2.29. The molecule has 86 valence electrons. The second-order valence-corrected chi connectivity index (χ2v) is 4.03. The molecule has 0 saturated carbocycles. The molecule has 1 saturated heterocycles. The van der Waals surface area contributed by atoms with Gasteiger partial charge in [-0.05, 0) is 0 Å². The van der Waals surface area contributed by atoms with E-state index in [9.17, 15) is 4.79 Å². The van der Waals surface area contributed by atoms with E-state index in [4.69, 9.17) is 11.6 Å². The summed E-state index contributed by atoms with van der Waals surface area (Å²) in [5, 5.41) is 10.5. The highest BCUT2D eigenvalue weighted by Gasteiger charge is 2.18. The van der Waals surface area contributed by atoms with Crippen LogP contribution >= 0.6 is 11.6 Å². The van der Waals surface area contributed by atoms with Gasteiger partial charge >= 0.3 is 0 Å². The van der Waals surface area contributed by atoms with Crippen molar-refractivity contribution in [3.8, 4) is 0 Å². The number of hydrogen-bond acceptors (Lipinski definition) is 4. The van der Waals surface area contributed by atoms with Crippen LogP contribution in [0.1, 0.15) is 0 Å². The van der Waals surface area contributed by atoms with E-state index in [0.717, 1.165) is 13.1 Å². The Bertz CT molecular complexity index is 453. The van der Waals surface area contributed by atoms with E-state index in [2.05, 4.69) is 22.3 Å². The predicted octanol–water partition coefficient (Wildman–Crippen LogP) is 0.466. The normalized spacial score (nSPS) is 15.6. The molecule has 1 aliphatic heterocycles. The van der Waals surface area contributed by atoms with Gasteiger partial charge in [0.15, 0.2) is 0 Å². The van der Waals surface area contributed by atoms with E-state index in [0.29, 0.717) is 18.3 Å². The maximum absolute atomic E-state index is 11.7. The third-order valence-corrected chi connectivity index (χ3v) is 2.79. The fraction of sp³-hybridized carbons (Fsp3) is 0.400. The van der Waals surface area contributed by atoms with Crippen LogP contribution in [0, 0.1) is 0 Å². The monoisotopic (exact) mass is 240 g/mol. The summed E-state index contributed by atoms with van der Waals surface area (Å²) in [6.45, 7) is 5.68. The maximum Gasteiger partial charge on any atom is 0.287 e. The van der Waals surface area contributed by atoms with Crippen LogP contribution in [-0.4, -0.2) is 28.9 Å². The van der Waals surface area contributed by atoms with E-state index in [-0.39, 0.29) is 10.6 Å². The Hall–Kier alpha value is -1.33. The first kappa shape index (κ1) is 11.2. The lowest BCUT2D eigenvalue weighted by Crippen LogP contribution is -2.51. The molecule has 2 heterocycles. The first-order chi connectivity index (χ1) is 7.72. The van der Waals surface area contributed by atoms with Gasteiger partial charge in [0.1, 0.15) is 5.02 Å². The van der Waals surface area contributed by atoms with Gasteiger partial charge in [0.2, 0.25) is 0 Å². The van der Waals surface area contributed by atoms with Gasteiger partial charge in [-0.3, -0.25) is 4.79 Å². The van der Waals surface area contributed by atoms with Gasteiger partial charge < -0.3 is 10.6 Å². The zero-order chi connectivity index (χ0) is 11.5. The lowest BCUT2D eigenvalue weighted by atomic mass is 10.2. The summed E-state index contributed by atoms with van der Waals surface area (Å²) in [4.78, 5) is 11.7. The summed E-state index contributed by atoms with van der Waals surface area (Å²) in [5.74, 6) is 0. The smallest absolute Gasteiger partial charge is 0.287 e. The molecule has 0 aromatic carbocycles. The second-order valence-electron chi connectivity index (χ2n) is 3.65. The van der Waals surface area contributed by atoms with Crippen molar-refractivity contribution < 1.29 is 0 Å². The van der Waals surface area contributed by atoms with Crippen molar-refractivity contribution in [1.82, 2.24) is 15.1 Å². The van der Waals surface area contributed by atoms with Gasteiger partial charge in [-0.1, -0.05) is 17.7 Å². The van der Waals surface area contributed by atoms with Crippen LogP contribution < -0.4 is 16.2 Å². The highest BCUT2D eigenvalue weighted by molar-refractivity contribution is 6.32. The van der Waals surface area contributed by atoms with Gasteiger partial charge in [0.25, 0.3) is 5.56 Å². The van der Waals surface area contributed by atoms with Crippen LogP contribution in [0.4, 0.5) is 5.69 Å². The minimum atomic E-state index is -0.293. The number of nitrogens with zero attached hydrogens (tertiary/aromatic N) is 2. The average Bonchev–Trinajstić information content (AvgIpc) is 2.21. The fourth-order valence-electron chi connectivity index (χ4n) is 1.43. The molecule has 2 rings (SSSR count). The zero-order valence-corrected chi connectivity index (χ0v) is 9.50. The van der Waals surface area contributed by atoms with Crippen molar-refractivity contribution in [1.29, 1.82) is 0 Å². The molecule has 6 heteroatoms. The van der Waals surface area contributed by atoms with E-state index in [1.807, 2.05) is 0 Å². The molecule has 16 heavy (non-hydrogen) atoms. The second kappa shape index (κ2) is 4.67. The summed E-state index contributed by atoms with van der Waals surface area (Å²) >= 11 is 5.97. The minimum Gasteiger partial charge on any atom is -0.377 e. The maximum atomic E-state index is 11.7. The molecule has 1 aliphatic rings. The first-order valence-corrected chi connectivity index (χ1v) is 5.44. The van der Waals surface area contributed by atoms with E-state index < -0.39 is 0 Å². The van der Waals surface area contributed by atoms with Gasteiger partial charge in [-0.25, -0.2) is 4.68 Å². The minimum absolute atomic E-state index is 0.184. The Balaban J connectivity index is 2.23. The molecular weight excluding hydrogens is 228 g/mol. The largest absolute Gasteiger partial charge is 0.377 e. The number of hydrogen-bond donors (Lipinski definition) is 2. The first-order valence-electron chi connectivity index (χ1n) is 5.06. The predicted molar refractivity (Wildman–Crippen MR) is 64.0 cm³/mol. The highest BCUT2D eigenvalue weighted by atomic mass is 35.5. The van der Waals surface area contributed by atoms with Crippen LogP contribution in [0.25, 0.3) is 0 Å². The molecular formula is C10H13ClN4O. The van der Waals surface area contributed by atoms with Crippen molar-refractivity contribution in [3.05, 3.63) is 34.2 Å². The van der Waals surface area contributed by atoms with Crippen LogP contribution in [0.2, 0.25) is 5.02 Å². The van der Waals surface area contributed by atoms with Gasteiger partial charge in [-0.2, -0.15) is 5.10 Å². The Morgan fingerprint density at radius 2 is 2.50 bits per heavy atom. The fourth-order valence-corrected chi connectivity index (χ4v) is 1.63. The standard InChI is InChI=1S/C10H13ClN4O/c1-2-3-15-10(16)9(11)8(6-13-15)14-7-4-12-5-7/h2,6-7,12,14H,1,3-5H2. The lowest BCUT2D eigenvalue weighted by molar-refractivity contribution is 0.471. The molecule has 0 atom stereocenters. The molecule has 0 spiro atoms. The molecule has 1 aromatic heterocycles. The van der Waals surface area contributed by atoms with Crippen LogP contribution in [0.15, 0.2) is 23.6 Å². The molecule has 1 fully saturated rings. The Labute approximate surface area is 98.1 Å². The van der Waals surface area contributed by atoms with Gasteiger partial charge in [0.05, 0.1) is 24.5 Å². The van der Waals surface area contributed by atoms with E-state index in [1.165, 1.54) is 4.68 Å². The highest BCUT2D eigenvalue weighted by Crippen LogP contribution is 2.17. The summed E-state index contributed by atoms with van der Waals surface area (Å²) in [7, 11) is 0. The molecule has 1 aromatic rings. The molecule has 0 amide bonds. The number of rotatable bonds is 4. The molecule has 2 N–H and O–H groups in total. The molecule has 0 aliphatic carbocycles.